The van der Waals surface area contributed by atoms with Gasteiger partial charge in [0.05, 0.1) is 23.9 Å². The molecule has 0 saturated heterocycles. The van der Waals surface area contributed by atoms with E-state index in [1.165, 1.54) is 10.9 Å². The summed E-state index contributed by atoms with van der Waals surface area (Å²) in [5, 5.41) is 23.8. The Morgan fingerprint density at radius 2 is 2.33 bits per heavy atom. The van der Waals surface area contributed by atoms with Crippen LogP contribution in [-0.2, 0) is 6.54 Å². The molecule has 1 N–H and O–H groups in total. The molecule has 0 fully saturated rings. The monoisotopic (exact) mass is 277 g/mol. The summed E-state index contributed by atoms with van der Waals surface area (Å²) in [5.74, 6) is -0.141. The van der Waals surface area contributed by atoms with Crippen LogP contribution in [0.1, 0.15) is 13.8 Å². The lowest BCUT2D eigenvalue weighted by Gasteiger charge is -2.11. The third kappa shape index (κ3) is 3.00. The Morgan fingerprint density at radius 3 is 2.73 bits per heavy atom. The standard InChI is InChI=1S/C8H12BrN3O3/c1-5(2)7(13)4-11-3-6(9)8(10-11)12(14)15/h3,5,7,13H,4H2,1-2H3. The van der Waals surface area contributed by atoms with Crippen LogP contribution >= 0.6 is 15.9 Å². The Morgan fingerprint density at radius 1 is 1.73 bits per heavy atom. The highest BCUT2D eigenvalue weighted by Gasteiger charge is 2.20. The number of hydrogen-bond donors (Lipinski definition) is 1. The molecule has 1 aromatic heterocycles. The van der Waals surface area contributed by atoms with Crippen molar-refractivity contribution in [2.75, 3.05) is 0 Å². The maximum Gasteiger partial charge on any atom is 0.404 e. The van der Waals surface area contributed by atoms with E-state index >= 15 is 0 Å². The summed E-state index contributed by atoms with van der Waals surface area (Å²) in [4.78, 5) is 9.92. The first kappa shape index (κ1) is 12.1. The van der Waals surface area contributed by atoms with E-state index in [1.807, 2.05) is 13.8 Å². The SMILES string of the molecule is CC(C)C(O)Cn1cc(Br)c([N+](=O)[O-])n1. The zero-order valence-corrected chi connectivity index (χ0v) is 10.0. The third-order valence-corrected chi connectivity index (χ3v) is 2.58. The number of aromatic nitrogens is 2. The number of hydrogen-bond acceptors (Lipinski definition) is 4. The molecule has 1 heterocycles. The first-order valence-corrected chi connectivity index (χ1v) is 5.26. The van der Waals surface area contributed by atoms with Crippen molar-refractivity contribution in [3.8, 4) is 0 Å². The van der Waals surface area contributed by atoms with Gasteiger partial charge in [-0.15, -0.1) is 0 Å². The van der Waals surface area contributed by atoms with E-state index in [9.17, 15) is 15.2 Å². The maximum absolute atomic E-state index is 10.5. The van der Waals surface area contributed by atoms with Gasteiger partial charge in [-0.2, -0.15) is 4.68 Å². The Labute approximate surface area is 95.2 Å². The summed E-state index contributed by atoms with van der Waals surface area (Å²) in [6.45, 7) is 4.00. The minimum atomic E-state index is -0.567. The Balaban J connectivity index is 2.80. The van der Waals surface area contributed by atoms with Gasteiger partial charge >= 0.3 is 5.82 Å². The molecular formula is C8H12BrN3O3. The number of nitrogens with zero attached hydrogens (tertiary/aromatic N) is 3. The van der Waals surface area contributed by atoms with Gasteiger partial charge in [0.25, 0.3) is 0 Å². The fraction of sp³-hybridized carbons (Fsp3) is 0.625. The van der Waals surface area contributed by atoms with E-state index in [0.29, 0.717) is 4.47 Å². The van der Waals surface area contributed by atoms with E-state index in [1.54, 1.807) is 0 Å². The van der Waals surface area contributed by atoms with Crippen LogP contribution in [0.2, 0.25) is 0 Å². The average Bonchev–Trinajstić information content (AvgIpc) is 2.46. The van der Waals surface area contributed by atoms with Crippen LogP contribution in [-0.4, -0.2) is 25.9 Å². The lowest BCUT2D eigenvalue weighted by atomic mass is 10.1. The normalized spacial score (nSPS) is 13.1. The van der Waals surface area contributed by atoms with E-state index < -0.39 is 11.0 Å². The minimum Gasteiger partial charge on any atom is -0.391 e. The highest BCUT2D eigenvalue weighted by molar-refractivity contribution is 9.10. The summed E-state index contributed by atoms with van der Waals surface area (Å²) in [5.41, 5.74) is 0. The fourth-order valence-corrected chi connectivity index (χ4v) is 1.47. The van der Waals surface area contributed by atoms with E-state index in [2.05, 4.69) is 21.0 Å². The molecule has 15 heavy (non-hydrogen) atoms. The molecule has 6 nitrogen and oxygen atoms in total. The first-order chi connectivity index (χ1) is 6.91. The van der Waals surface area contributed by atoms with Crippen molar-refractivity contribution in [2.45, 2.75) is 26.5 Å². The van der Waals surface area contributed by atoms with Crippen molar-refractivity contribution in [3.05, 3.63) is 20.8 Å². The van der Waals surface area contributed by atoms with Crippen LogP contribution in [0, 0.1) is 16.0 Å². The lowest BCUT2D eigenvalue weighted by molar-refractivity contribution is -0.390. The molecule has 0 bridgehead atoms. The summed E-state index contributed by atoms with van der Waals surface area (Å²) < 4.78 is 1.69. The number of aliphatic hydroxyl groups excluding tert-OH is 1. The number of rotatable bonds is 4. The number of halogens is 1. The van der Waals surface area contributed by atoms with Crippen LogP contribution in [0.4, 0.5) is 5.82 Å². The van der Waals surface area contributed by atoms with Crippen molar-refractivity contribution in [3.63, 3.8) is 0 Å². The molecule has 0 spiro atoms. The first-order valence-electron chi connectivity index (χ1n) is 4.47. The van der Waals surface area contributed by atoms with Crippen LogP contribution < -0.4 is 0 Å². The minimum absolute atomic E-state index is 0.0898. The molecule has 0 aliphatic carbocycles. The predicted molar refractivity (Wildman–Crippen MR) is 57.4 cm³/mol. The second-order valence-corrected chi connectivity index (χ2v) is 4.45. The largest absolute Gasteiger partial charge is 0.404 e. The van der Waals surface area contributed by atoms with Gasteiger partial charge in [-0.3, -0.25) is 0 Å². The second kappa shape index (κ2) is 4.71. The molecular weight excluding hydrogens is 266 g/mol. The summed E-state index contributed by atoms with van der Waals surface area (Å²) in [7, 11) is 0. The van der Waals surface area contributed by atoms with Crippen LogP contribution in [0.15, 0.2) is 10.7 Å². The topological polar surface area (TPSA) is 81.2 Å². The van der Waals surface area contributed by atoms with Gasteiger partial charge in [0.1, 0.15) is 4.47 Å². The molecule has 0 saturated carbocycles. The molecule has 1 rings (SSSR count). The number of aliphatic hydroxyl groups is 1. The van der Waals surface area contributed by atoms with Crippen molar-refractivity contribution >= 4 is 21.7 Å². The molecule has 1 aromatic rings. The van der Waals surface area contributed by atoms with Crippen molar-refractivity contribution < 1.29 is 10.0 Å². The maximum atomic E-state index is 10.5. The van der Waals surface area contributed by atoms with Crippen LogP contribution in [0.25, 0.3) is 0 Å². The summed E-state index contributed by atoms with van der Waals surface area (Å²) in [6.07, 6.45) is 0.931. The third-order valence-electron chi connectivity index (χ3n) is 2.02. The van der Waals surface area contributed by atoms with Crippen molar-refractivity contribution in [2.24, 2.45) is 5.92 Å². The quantitative estimate of drug-likeness (QED) is 0.669. The average molecular weight is 278 g/mol. The Bertz CT molecular complexity index is 364. The molecule has 0 aliphatic rings. The van der Waals surface area contributed by atoms with Gasteiger partial charge in [-0.05, 0) is 26.8 Å². The van der Waals surface area contributed by atoms with E-state index in [0.717, 1.165) is 0 Å². The van der Waals surface area contributed by atoms with Gasteiger partial charge in [0, 0.05) is 0 Å². The van der Waals surface area contributed by atoms with Crippen LogP contribution in [0.5, 0.6) is 0 Å². The van der Waals surface area contributed by atoms with Gasteiger partial charge in [0.2, 0.25) is 0 Å². The highest BCUT2D eigenvalue weighted by atomic mass is 79.9. The van der Waals surface area contributed by atoms with Gasteiger partial charge in [0.15, 0.2) is 0 Å². The second-order valence-electron chi connectivity index (χ2n) is 3.59. The molecule has 0 radical (unpaired) electrons. The van der Waals surface area contributed by atoms with Gasteiger partial charge in [-0.1, -0.05) is 13.8 Å². The van der Waals surface area contributed by atoms with Crippen molar-refractivity contribution in [1.29, 1.82) is 0 Å². The zero-order valence-electron chi connectivity index (χ0n) is 8.42. The number of nitro groups is 1. The molecule has 84 valence electrons. The molecule has 1 unspecified atom stereocenters. The van der Waals surface area contributed by atoms with Gasteiger partial charge < -0.3 is 15.2 Å². The predicted octanol–water partition coefficient (Wildman–Crippen LogP) is 1.57. The molecule has 0 amide bonds. The Hall–Kier alpha value is -0.950. The van der Waals surface area contributed by atoms with E-state index in [-0.39, 0.29) is 18.3 Å². The van der Waals surface area contributed by atoms with E-state index in [4.69, 9.17) is 0 Å². The van der Waals surface area contributed by atoms with Gasteiger partial charge in [-0.25, -0.2) is 0 Å². The molecule has 1 atom stereocenters. The Kier molecular flexibility index (Phi) is 3.81. The lowest BCUT2D eigenvalue weighted by Crippen LogP contribution is -2.22. The fourth-order valence-electron chi connectivity index (χ4n) is 1.01. The molecule has 0 aromatic carbocycles. The zero-order chi connectivity index (χ0) is 11.6. The van der Waals surface area contributed by atoms with Crippen LogP contribution in [0.3, 0.4) is 0 Å². The van der Waals surface area contributed by atoms with Crippen molar-refractivity contribution in [1.82, 2.24) is 9.78 Å². The summed E-state index contributed by atoms with van der Waals surface area (Å²) >= 11 is 3.04. The molecule has 7 heteroatoms. The highest BCUT2D eigenvalue weighted by Crippen LogP contribution is 2.22. The molecule has 0 aliphatic heterocycles. The smallest absolute Gasteiger partial charge is 0.391 e. The summed E-state index contributed by atoms with van der Waals surface area (Å²) in [6, 6.07) is 0.